The Bertz CT molecular complexity index is 2810. The molecule has 2 heterocycles. The molecule has 49 heavy (non-hydrogen) atoms. The van der Waals surface area contributed by atoms with Gasteiger partial charge in [0.25, 0.3) is 0 Å². The molecule has 0 saturated carbocycles. The predicted octanol–water partition coefficient (Wildman–Crippen LogP) is 13.9. The highest BCUT2D eigenvalue weighted by atomic mass is 32.1. The average molecular weight is 644 g/mol. The van der Waals surface area contributed by atoms with Crippen molar-refractivity contribution in [2.45, 2.75) is 0 Å². The molecule has 0 unspecified atom stereocenters. The van der Waals surface area contributed by atoms with Crippen molar-refractivity contribution in [3.63, 3.8) is 0 Å². The van der Waals surface area contributed by atoms with Crippen LogP contribution in [0.4, 0.5) is 17.1 Å². The third-order valence-electron chi connectivity index (χ3n) is 9.68. The molecule has 0 radical (unpaired) electrons. The maximum Gasteiger partial charge on any atom is 0.159 e. The van der Waals surface area contributed by atoms with Crippen LogP contribution in [0.25, 0.3) is 75.1 Å². The van der Waals surface area contributed by atoms with Crippen LogP contribution in [0.5, 0.6) is 0 Å². The number of hydrogen-bond acceptors (Lipinski definition) is 3. The first-order chi connectivity index (χ1) is 24.3. The second-order valence-corrected chi connectivity index (χ2v) is 13.6. The summed E-state index contributed by atoms with van der Waals surface area (Å²) in [7, 11) is 0. The first-order valence-corrected chi connectivity index (χ1v) is 17.4. The number of hydrogen-bond donors (Lipinski definition) is 0. The van der Waals surface area contributed by atoms with Crippen LogP contribution in [0.1, 0.15) is 0 Å². The number of benzene rings is 8. The van der Waals surface area contributed by atoms with Gasteiger partial charge in [-0.05, 0) is 75.5 Å². The van der Waals surface area contributed by atoms with Gasteiger partial charge in [-0.1, -0.05) is 133 Å². The van der Waals surface area contributed by atoms with E-state index < -0.39 is 0 Å². The van der Waals surface area contributed by atoms with Crippen molar-refractivity contribution in [3.05, 3.63) is 176 Å². The van der Waals surface area contributed by atoms with Gasteiger partial charge in [0.1, 0.15) is 5.58 Å². The first-order valence-electron chi connectivity index (χ1n) is 16.6. The van der Waals surface area contributed by atoms with Crippen molar-refractivity contribution in [1.82, 2.24) is 0 Å². The fourth-order valence-electron chi connectivity index (χ4n) is 7.26. The first kappa shape index (κ1) is 27.9. The van der Waals surface area contributed by atoms with Crippen molar-refractivity contribution in [3.8, 4) is 22.3 Å². The summed E-state index contributed by atoms with van der Waals surface area (Å²) in [6, 6.07) is 63.1. The standard InChI is InChI=1S/C46H29NOS/c1-2-9-30(10-3-1)31-17-23-35(24-18-31)47(42-15-8-14-40-38-13-6-7-16-43(38)48-45(40)42)36-25-19-32(20-26-36)34-22-27-39-41-28-21-33-11-4-5-12-37(33)46(41)49-44(39)29-34/h1-29H. The molecule has 2 nitrogen and oxygen atoms in total. The molecular formula is C46H29NOS. The van der Waals surface area contributed by atoms with Gasteiger partial charge in [0.15, 0.2) is 5.58 Å². The minimum Gasteiger partial charge on any atom is -0.454 e. The highest BCUT2D eigenvalue weighted by Crippen LogP contribution is 2.44. The zero-order valence-corrected chi connectivity index (χ0v) is 27.3. The van der Waals surface area contributed by atoms with Gasteiger partial charge >= 0.3 is 0 Å². The molecule has 0 bridgehead atoms. The highest BCUT2D eigenvalue weighted by molar-refractivity contribution is 7.26. The number of nitrogens with zero attached hydrogens (tertiary/aromatic N) is 1. The van der Waals surface area contributed by atoms with Gasteiger partial charge in [0.05, 0.1) is 5.69 Å². The summed E-state index contributed by atoms with van der Waals surface area (Å²) < 4.78 is 9.21. The van der Waals surface area contributed by atoms with Crippen LogP contribution in [0.15, 0.2) is 180 Å². The van der Waals surface area contributed by atoms with Crippen LogP contribution in [0, 0.1) is 0 Å². The predicted molar refractivity (Wildman–Crippen MR) is 210 cm³/mol. The van der Waals surface area contributed by atoms with E-state index in [-0.39, 0.29) is 0 Å². The minimum absolute atomic E-state index is 0.877. The molecule has 0 atom stereocenters. The quantitative estimate of drug-likeness (QED) is 0.186. The van der Waals surface area contributed by atoms with Crippen molar-refractivity contribution in [2.24, 2.45) is 0 Å². The number of rotatable bonds is 5. The lowest BCUT2D eigenvalue weighted by molar-refractivity contribution is 0.669. The number of anilines is 3. The molecule has 3 heteroatoms. The van der Waals surface area contributed by atoms with E-state index in [1.165, 1.54) is 53.2 Å². The van der Waals surface area contributed by atoms with Crippen molar-refractivity contribution < 1.29 is 4.42 Å². The molecule has 0 N–H and O–H groups in total. The Morgan fingerprint density at radius 1 is 0.408 bits per heavy atom. The smallest absolute Gasteiger partial charge is 0.159 e. The Hall–Kier alpha value is -6.16. The molecule has 0 spiro atoms. The monoisotopic (exact) mass is 643 g/mol. The lowest BCUT2D eigenvalue weighted by atomic mass is 10.0. The maximum atomic E-state index is 6.55. The van der Waals surface area contributed by atoms with Crippen LogP contribution in [-0.2, 0) is 0 Å². The zero-order valence-electron chi connectivity index (χ0n) is 26.5. The lowest BCUT2D eigenvalue weighted by Crippen LogP contribution is -2.10. The van der Waals surface area contributed by atoms with Crippen LogP contribution < -0.4 is 4.90 Å². The number of para-hydroxylation sites is 2. The molecule has 8 aromatic carbocycles. The summed E-state index contributed by atoms with van der Waals surface area (Å²) in [6.07, 6.45) is 0. The molecule has 10 rings (SSSR count). The van der Waals surface area contributed by atoms with Gasteiger partial charge in [-0.25, -0.2) is 0 Å². The Kier molecular flexibility index (Phi) is 6.39. The summed E-state index contributed by atoms with van der Waals surface area (Å²) in [5.41, 5.74) is 9.71. The molecule has 10 aromatic rings. The van der Waals surface area contributed by atoms with Gasteiger partial charge in [0, 0.05) is 42.3 Å². The van der Waals surface area contributed by atoms with E-state index in [9.17, 15) is 0 Å². The van der Waals surface area contributed by atoms with Gasteiger partial charge in [-0.15, -0.1) is 11.3 Å². The van der Waals surface area contributed by atoms with Gasteiger partial charge in [-0.3, -0.25) is 0 Å². The lowest BCUT2D eigenvalue weighted by Gasteiger charge is -2.26. The Labute approximate surface area is 287 Å². The summed E-state index contributed by atoms with van der Waals surface area (Å²) in [6.45, 7) is 0. The highest BCUT2D eigenvalue weighted by Gasteiger charge is 2.19. The Balaban J connectivity index is 1.08. The summed E-state index contributed by atoms with van der Waals surface area (Å²) in [5.74, 6) is 0. The van der Waals surface area contributed by atoms with Gasteiger partial charge in [-0.2, -0.15) is 0 Å². The summed E-state index contributed by atoms with van der Waals surface area (Å²) in [4.78, 5) is 2.31. The molecule has 0 aliphatic heterocycles. The number of thiophene rings is 1. The largest absolute Gasteiger partial charge is 0.454 e. The number of fused-ring (bicyclic) bond motifs is 8. The SMILES string of the molecule is c1ccc(-c2ccc(N(c3ccc(-c4ccc5c(c4)sc4c6ccccc6ccc54)cc3)c3cccc4c3oc3ccccc34)cc2)cc1. The molecular weight excluding hydrogens is 615 g/mol. The maximum absolute atomic E-state index is 6.55. The van der Waals surface area contributed by atoms with E-state index in [0.717, 1.165) is 39.0 Å². The normalized spacial score (nSPS) is 11.7. The van der Waals surface area contributed by atoms with Crippen molar-refractivity contribution in [2.75, 3.05) is 4.90 Å². The average Bonchev–Trinajstić information content (AvgIpc) is 3.75. The van der Waals surface area contributed by atoms with Crippen LogP contribution in [0.2, 0.25) is 0 Å². The van der Waals surface area contributed by atoms with E-state index in [0.29, 0.717) is 0 Å². The van der Waals surface area contributed by atoms with E-state index >= 15 is 0 Å². The zero-order chi connectivity index (χ0) is 32.3. The third kappa shape index (κ3) is 4.62. The topological polar surface area (TPSA) is 16.4 Å². The molecule has 0 saturated heterocycles. The summed E-state index contributed by atoms with van der Waals surface area (Å²) >= 11 is 1.89. The van der Waals surface area contributed by atoms with E-state index in [1.807, 2.05) is 23.5 Å². The fraction of sp³-hybridized carbons (Fsp3) is 0. The minimum atomic E-state index is 0.877. The number of furan rings is 1. The second kappa shape index (κ2) is 11.2. The van der Waals surface area contributed by atoms with E-state index in [2.05, 4.69) is 169 Å². The van der Waals surface area contributed by atoms with Crippen molar-refractivity contribution in [1.29, 1.82) is 0 Å². The third-order valence-corrected chi connectivity index (χ3v) is 10.9. The summed E-state index contributed by atoms with van der Waals surface area (Å²) in [5, 5.41) is 7.49. The fourth-order valence-corrected chi connectivity index (χ4v) is 8.53. The Morgan fingerprint density at radius 3 is 1.82 bits per heavy atom. The van der Waals surface area contributed by atoms with Gasteiger partial charge in [0.2, 0.25) is 0 Å². The molecule has 230 valence electrons. The van der Waals surface area contributed by atoms with Crippen LogP contribution in [-0.4, -0.2) is 0 Å². The van der Waals surface area contributed by atoms with Crippen LogP contribution in [0.3, 0.4) is 0 Å². The van der Waals surface area contributed by atoms with E-state index in [1.54, 1.807) is 0 Å². The second-order valence-electron chi connectivity index (χ2n) is 12.5. The van der Waals surface area contributed by atoms with Crippen molar-refractivity contribution >= 4 is 81.3 Å². The molecule has 0 fully saturated rings. The van der Waals surface area contributed by atoms with Crippen LogP contribution >= 0.6 is 11.3 Å². The molecule has 2 aromatic heterocycles. The molecule has 0 amide bonds. The molecule has 0 aliphatic carbocycles. The Morgan fingerprint density at radius 2 is 1.02 bits per heavy atom. The molecule has 0 aliphatic rings. The van der Waals surface area contributed by atoms with E-state index in [4.69, 9.17) is 4.42 Å². The van der Waals surface area contributed by atoms with Gasteiger partial charge < -0.3 is 9.32 Å².